The first kappa shape index (κ1) is 45.3. The van der Waals surface area contributed by atoms with Crippen molar-refractivity contribution in [1.29, 1.82) is 0 Å². The summed E-state index contributed by atoms with van der Waals surface area (Å²) in [5.74, 6) is -2.06. The van der Waals surface area contributed by atoms with Gasteiger partial charge >= 0.3 is 18.0 Å². The van der Waals surface area contributed by atoms with Crippen molar-refractivity contribution in [2.45, 2.75) is 131 Å². The van der Waals surface area contributed by atoms with Gasteiger partial charge in [0.25, 0.3) is 0 Å². The Bertz CT molecular complexity index is 1230. The minimum absolute atomic E-state index is 0.0200. The maximum absolute atomic E-state index is 13.3. The van der Waals surface area contributed by atoms with E-state index in [1.165, 1.54) is 33.3 Å². The number of carbonyl (C=O) groups excluding carboxylic acids is 7. The zero-order valence-corrected chi connectivity index (χ0v) is 33.0. The van der Waals surface area contributed by atoms with Crippen molar-refractivity contribution in [1.82, 2.24) is 20.2 Å². The maximum atomic E-state index is 13.3. The largest absolute Gasteiger partial charge is 0.467 e. The van der Waals surface area contributed by atoms with Crippen LogP contribution in [0.3, 0.4) is 0 Å². The Morgan fingerprint density at radius 2 is 1.27 bits per heavy atom. The van der Waals surface area contributed by atoms with Crippen LogP contribution in [-0.4, -0.2) is 121 Å². The number of hydrogen-bond donors (Lipinski definition) is 1. The van der Waals surface area contributed by atoms with Gasteiger partial charge < -0.3 is 34.1 Å². The predicted octanol–water partition coefficient (Wildman–Crippen LogP) is 3.37. The lowest BCUT2D eigenvalue weighted by Gasteiger charge is -2.34. The van der Waals surface area contributed by atoms with Crippen LogP contribution < -0.4 is 5.32 Å². The van der Waals surface area contributed by atoms with E-state index in [-0.39, 0.29) is 60.3 Å². The van der Waals surface area contributed by atoms with E-state index >= 15 is 0 Å². The second kappa shape index (κ2) is 19.7. The number of aldehydes is 1. The third kappa shape index (κ3) is 12.2. The molecule has 2 rings (SSSR count). The highest BCUT2D eigenvalue weighted by Gasteiger charge is 2.49. The normalized spacial score (nSPS) is 24.2. The molecule has 0 aromatic heterocycles. The summed E-state index contributed by atoms with van der Waals surface area (Å²) < 4.78 is 15.0. The zero-order valence-electron chi connectivity index (χ0n) is 33.0. The molecule has 0 spiro atoms. The fraction of sp³-hybridized carbons (Fsp3) is 0.806. The molecule has 8 atom stereocenters. The molecule has 4 amide bonds. The molecule has 15 nitrogen and oxygen atoms in total. The number of amides is 4. The van der Waals surface area contributed by atoms with E-state index < -0.39 is 53.7 Å². The Kier molecular flexibility index (Phi) is 17.5. The Balaban J connectivity index is 0.000000514. The van der Waals surface area contributed by atoms with Gasteiger partial charge in [-0.2, -0.15) is 0 Å². The summed E-state index contributed by atoms with van der Waals surface area (Å²) in [6.45, 7) is 18.4. The highest BCUT2D eigenvalue weighted by molar-refractivity contribution is 5.91. The molecule has 0 bridgehead atoms. The Labute approximate surface area is 303 Å². The van der Waals surface area contributed by atoms with Crippen LogP contribution in [0.2, 0.25) is 0 Å². The van der Waals surface area contributed by atoms with Crippen molar-refractivity contribution >= 4 is 42.0 Å². The molecule has 0 unspecified atom stereocenters. The number of rotatable bonds is 12. The third-order valence-electron chi connectivity index (χ3n) is 9.69. The van der Waals surface area contributed by atoms with E-state index in [0.717, 1.165) is 11.3 Å². The minimum Gasteiger partial charge on any atom is -0.467 e. The average molecular weight is 727 g/mol. The van der Waals surface area contributed by atoms with Gasteiger partial charge in [-0.15, -0.1) is 0 Å². The number of hydrogen-bond acceptors (Lipinski definition) is 11. The third-order valence-corrected chi connectivity index (χ3v) is 9.69. The SMILES string of the molecule is COC(=O)[C@@H]1C[C@@H](C)[C@@H](CC(=O)N(C)OC)N1C(=O)[C@@H](C)C(C)C.COC(=O)[C@@H]1C[C@@H](C)[C@@H](CC=O)N1C(=O)[C@H](NC(=O)OC(C)(C)C)C(C)C. The zero-order chi connectivity index (χ0) is 39.5. The number of ether oxygens (including phenoxy) is 3. The number of methoxy groups -OCH3 is 2. The van der Waals surface area contributed by atoms with Gasteiger partial charge in [0.05, 0.1) is 21.3 Å². The molecule has 2 saturated heterocycles. The van der Waals surface area contributed by atoms with E-state index in [9.17, 15) is 33.6 Å². The van der Waals surface area contributed by atoms with Crippen LogP contribution in [0.25, 0.3) is 0 Å². The fourth-order valence-corrected chi connectivity index (χ4v) is 6.36. The van der Waals surface area contributed by atoms with Crippen LogP contribution in [-0.2, 0) is 47.8 Å². The summed E-state index contributed by atoms with van der Waals surface area (Å²) in [6.07, 6.45) is 1.19. The summed E-state index contributed by atoms with van der Waals surface area (Å²) in [6, 6.07) is -3.05. The van der Waals surface area contributed by atoms with Gasteiger partial charge in [-0.1, -0.05) is 48.5 Å². The second-order valence-corrected chi connectivity index (χ2v) is 15.2. The van der Waals surface area contributed by atoms with Crippen LogP contribution in [0.4, 0.5) is 4.79 Å². The standard InChI is InChI=1S/C19H32N2O6.C17H30N2O5/c1-11(2)15(20-18(25)27-19(4,5)6)16(23)21-13(8-9-22)12(3)10-14(21)17(24)26-7;1-10(2)12(4)16(21)19-13(9-15(20)18(5)24-7)11(3)8-14(19)17(22)23-6/h9,11-15H,8,10H2,1-7H3,(H,20,25);10-14H,8-9H2,1-7H3/t12-,13-,14+,15-;11-,12+,13-,14+/m11/s1. The summed E-state index contributed by atoms with van der Waals surface area (Å²) >= 11 is 0. The number of nitrogens with zero attached hydrogens (tertiary/aromatic N) is 3. The molecule has 0 radical (unpaired) electrons. The Morgan fingerprint density at radius 3 is 1.67 bits per heavy atom. The first-order valence-electron chi connectivity index (χ1n) is 17.6. The summed E-state index contributed by atoms with van der Waals surface area (Å²) in [5.41, 5.74) is -0.703. The van der Waals surface area contributed by atoms with Crippen molar-refractivity contribution in [3.63, 3.8) is 0 Å². The second-order valence-electron chi connectivity index (χ2n) is 15.2. The highest BCUT2D eigenvalue weighted by atomic mass is 16.7. The average Bonchev–Trinajstić information content (AvgIpc) is 3.56. The first-order valence-corrected chi connectivity index (χ1v) is 17.6. The number of likely N-dealkylation sites (tertiary alicyclic amines) is 2. The first-order chi connectivity index (χ1) is 23.6. The topological polar surface area (TPSA) is 178 Å². The molecule has 0 aliphatic carbocycles. The lowest BCUT2D eigenvalue weighted by Crippen LogP contribution is -2.56. The van der Waals surface area contributed by atoms with Crippen molar-refractivity contribution in [2.24, 2.45) is 29.6 Å². The monoisotopic (exact) mass is 726 g/mol. The molecule has 15 heteroatoms. The number of alkyl carbamates (subject to hydrolysis) is 1. The molecular formula is C36H62N4O11. The number of carbonyl (C=O) groups is 7. The summed E-state index contributed by atoms with van der Waals surface area (Å²) in [4.78, 5) is 94.0. The quantitative estimate of drug-likeness (QED) is 0.135. The van der Waals surface area contributed by atoms with Crippen LogP contribution in [0.15, 0.2) is 0 Å². The summed E-state index contributed by atoms with van der Waals surface area (Å²) in [7, 11) is 5.53. The molecule has 0 saturated carbocycles. The molecular weight excluding hydrogens is 664 g/mol. The van der Waals surface area contributed by atoms with Crippen LogP contribution >= 0.6 is 0 Å². The Hall–Kier alpha value is -3.75. The van der Waals surface area contributed by atoms with Crippen molar-refractivity contribution in [3.8, 4) is 0 Å². The van der Waals surface area contributed by atoms with Crippen LogP contribution in [0, 0.1) is 29.6 Å². The molecule has 2 aliphatic rings. The molecule has 51 heavy (non-hydrogen) atoms. The van der Waals surface area contributed by atoms with Gasteiger partial charge in [0, 0.05) is 37.9 Å². The van der Waals surface area contributed by atoms with Crippen molar-refractivity contribution in [2.75, 3.05) is 28.4 Å². The highest BCUT2D eigenvalue weighted by Crippen LogP contribution is 2.35. The van der Waals surface area contributed by atoms with Gasteiger partial charge in [0.1, 0.15) is 30.0 Å². The minimum atomic E-state index is -0.883. The molecule has 1 N–H and O–H groups in total. The van der Waals surface area contributed by atoms with Crippen LogP contribution in [0.1, 0.15) is 94.9 Å². The molecule has 0 aromatic carbocycles. The molecule has 0 aromatic rings. The predicted molar refractivity (Wildman–Crippen MR) is 188 cm³/mol. The smallest absolute Gasteiger partial charge is 0.408 e. The Morgan fingerprint density at radius 1 is 0.804 bits per heavy atom. The van der Waals surface area contributed by atoms with Crippen LogP contribution in [0.5, 0.6) is 0 Å². The van der Waals surface area contributed by atoms with Gasteiger partial charge in [-0.05, 0) is 57.3 Å². The van der Waals surface area contributed by atoms with Crippen molar-refractivity contribution in [3.05, 3.63) is 0 Å². The van der Waals surface area contributed by atoms with E-state index in [1.807, 2.05) is 34.6 Å². The number of esters is 2. The van der Waals surface area contributed by atoms with Gasteiger partial charge in [0.15, 0.2) is 0 Å². The van der Waals surface area contributed by atoms with Gasteiger partial charge in [0.2, 0.25) is 17.7 Å². The maximum Gasteiger partial charge on any atom is 0.408 e. The van der Waals surface area contributed by atoms with E-state index in [2.05, 4.69) is 5.32 Å². The number of nitrogens with one attached hydrogen (secondary N) is 1. The molecule has 2 aliphatic heterocycles. The lowest BCUT2D eigenvalue weighted by atomic mass is 9.94. The van der Waals surface area contributed by atoms with E-state index in [1.54, 1.807) is 39.5 Å². The van der Waals surface area contributed by atoms with Gasteiger partial charge in [-0.25, -0.2) is 19.4 Å². The molecule has 2 fully saturated rings. The summed E-state index contributed by atoms with van der Waals surface area (Å²) in [5, 5.41) is 3.76. The van der Waals surface area contributed by atoms with E-state index in [4.69, 9.17) is 19.0 Å². The fourth-order valence-electron chi connectivity index (χ4n) is 6.36. The molecule has 2 heterocycles. The van der Waals surface area contributed by atoms with Crippen molar-refractivity contribution < 1.29 is 52.6 Å². The number of hydroxylamine groups is 2. The lowest BCUT2D eigenvalue weighted by molar-refractivity contribution is -0.171. The van der Waals surface area contributed by atoms with Gasteiger partial charge in [-0.3, -0.25) is 19.2 Å². The molecule has 292 valence electrons. The van der Waals surface area contributed by atoms with E-state index in [0.29, 0.717) is 12.8 Å².